The molecule has 0 spiro atoms. The lowest BCUT2D eigenvalue weighted by Gasteiger charge is -1.98. The molecular formula is C13H21NO2S. The monoisotopic (exact) mass is 255 g/mol. The van der Waals surface area contributed by atoms with Crippen LogP contribution < -0.4 is 0 Å². The van der Waals surface area contributed by atoms with E-state index in [2.05, 4.69) is 11.9 Å². The summed E-state index contributed by atoms with van der Waals surface area (Å²) < 4.78 is 4.90. The molecule has 3 nitrogen and oxygen atoms in total. The predicted molar refractivity (Wildman–Crippen MR) is 70.5 cm³/mol. The van der Waals surface area contributed by atoms with E-state index in [1.807, 2.05) is 0 Å². The Labute approximate surface area is 107 Å². The Hall–Kier alpha value is -0.900. The molecule has 1 heterocycles. The fourth-order valence-electron chi connectivity index (χ4n) is 1.60. The number of aryl methyl sites for hydroxylation is 1. The summed E-state index contributed by atoms with van der Waals surface area (Å²) in [4.78, 5) is 15.7. The molecule has 4 heteroatoms. The number of hydrogen-bond acceptors (Lipinski definition) is 4. The predicted octanol–water partition coefficient (Wildman–Crippen LogP) is 3.83. The molecule has 0 bridgehead atoms. The summed E-state index contributed by atoms with van der Waals surface area (Å²) in [6, 6.07) is 0. The maximum absolute atomic E-state index is 11.4. The van der Waals surface area contributed by atoms with Crippen molar-refractivity contribution in [3.05, 3.63) is 16.1 Å². The summed E-state index contributed by atoms with van der Waals surface area (Å²) in [7, 11) is 0. The van der Waals surface area contributed by atoms with Crippen LogP contribution in [0.3, 0.4) is 0 Å². The van der Waals surface area contributed by atoms with Crippen molar-refractivity contribution in [3.8, 4) is 0 Å². The highest BCUT2D eigenvalue weighted by Gasteiger charge is 2.10. The lowest BCUT2D eigenvalue weighted by molar-refractivity contribution is 0.0520. The fraction of sp³-hybridized carbons (Fsp3) is 0.692. The van der Waals surface area contributed by atoms with E-state index in [9.17, 15) is 4.79 Å². The maximum Gasteiger partial charge on any atom is 0.357 e. The quantitative estimate of drug-likeness (QED) is 0.523. The van der Waals surface area contributed by atoms with Crippen LogP contribution in [0.4, 0.5) is 0 Å². The highest BCUT2D eigenvalue weighted by atomic mass is 32.1. The van der Waals surface area contributed by atoms with Crippen LogP contribution >= 0.6 is 11.3 Å². The minimum Gasteiger partial charge on any atom is -0.461 e. The highest BCUT2D eigenvalue weighted by molar-refractivity contribution is 7.09. The zero-order valence-electron chi connectivity index (χ0n) is 10.7. The first-order valence-electron chi connectivity index (χ1n) is 6.39. The lowest BCUT2D eigenvalue weighted by atomic mass is 10.1. The largest absolute Gasteiger partial charge is 0.461 e. The average Bonchev–Trinajstić information content (AvgIpc) is 2.78. The summed E-state index contributed by atoms with van der Waals surface area (Å²) >= 11 is 1.56. The smallest absolute Gasteiger partial charge is 0.357 e. The molecule has 0 unspecified atom stereocenters. The Bertz CT molecular complexity index is 336. The molecule has 0 aliphatic carbocycles. The van der Waals surface area contributed by atoms with Crippen molar-refractivity contribution in [2.24, 2.45) is 0 Å². The van der Waals surface area contributed by atoms with Gasteiger partial charge < -0.3 is 4.74 Å². The lowest BCUT2D eigenvalue weighted by Crippen LogP contribution is -2.05. The SMILES string of the molecule is CCCCCCCc1nc(C(=O)OCC)cs1. The number of carbonyl (C=O) groups is 1. The van der Waals surface area contributed by atoms with Gasteiger partial charge in [0.1, 0.15) is 0 Å². The first kappa shape index (κ1) is 14.2. The number of aromatic nitrogens is 1. The molecule has 17 heavy (non-hydrogen) atoms. The Morgan fingerprint density at radius 3 is 2.76 bits per heavy atom. The first-order valence-corrected chi connectivity index (χ1v) is 7.27. The standard InChI is InChI=1S/C13H21NO2S/c1-3-5-6-7-8-9-12-14-11(10-17-12)13(15)16-4-2/h10H,3-9H2,1-2H3. The van der Waals surface area contributed by atoms with Gasteiger partial charge in [-0.05, 0) is 19.8 Å². The Morgan fingerprint density at radius 2 is 2.06 bits per heavy atom. The van der Waals surface area contributed by atoms with E-state index in [0.717, 1.165) is 17.8 Å². The van der Waals surface area contributed by atoms with E-state index < -0.39 is 0 Å². The molecule has 96 valence electrons. The number of carbonyl (C=O) groups excluding carboxylic acids is 1. The summed E-state index contributed by atoms with van der Waals surface area (Å²) in [6.45, 7) is 4.42. The molecule has 1 rings (SSSR count). The van der Waals surface area contributed by atoms with Crippen LogP contribution in [0.2, 0.25) is 0 Å². The van der Waals surface area contributed by atoms with Crippen LogP contribution in [0.1, 0.15) is 61.4 Å². The Morgan fingerprint density at radius 1 is 1.29 bits per heavy atom. The topological polar surface area (TPSA) is 39.2 Å². The first-order chi connectivity index (χ1) is 8.27. The maximum atomic E-state index is 11.4. The molecule has 0 radical (unpaired) electrons. The second-order valence-electron chi connectivity index (χ2n) is 4.01. The second kappa shape index (κ2) is 8.23. The summed E-state index contributed by atoms with van der Waals surface area (Å²) in [5, 5.41) is 2.84. The molecule has 1 aromatic rings. The van der Waals surface area contributed by atoms with Gasteiger partial charge in [0, 0.05) is 5.38 Å². The van der Waals surface area contributed by atoms with Crippen molar-refractivity contribution in [2.45, 2.75) is 52.4 Å². The number of esters is 1. The molecule has 0 N–H and O–H groups in total. The van der Waals surface area contributed by atoms with Crippen molar-refractivity contribution in [1.29, 1.82) is 0 Å². The molecule has 0 aliphatic rings. The van der Waals surface area contributed by atoms with E-state index in [0.29, 0.717) is 12.3 Å². The van der Waals surface area contributed by atoms with Crippen LogP contribution in [0.5, 0.6) is 0 Å². The molecule has 0 aromatic carbocycles. The molecule has 0 amide bonds. The van der Waals surface area contributed by atoms with Gasteiger partial charge in [-0.25, -0.2) is 9.78 Å². The number of ether oxygens (including phenoxy) is 1. The van der Waals surface area contributed by atoms with Gasteiger partial charge in [0.15, 0.2) is 5.69 Å². The molecule has 0 saturated heterocycles. The Balaban J connectivity index is 2.28. The number of hydrogen-bond donors (Lipinski definition) is 0. The van der Waals surface area contributed by atoms with E-state index in [-0.39, 0.29) is 5.97 Å². The number of rotatable bonds is 8. The van der Waals surface area contributed by atoms with Crippen molar-refractivity contribution in [1.82, 2.24) is 4.98 Å². The van der Waals surface area contributed by atoms with Gasteiger partial charge in [-0.15, -0.1) is 11.3 Å². The van der Waals surface area contributed by atoms with Crippen LogP contribution in [0.25, 0.3) is 0 Å². The number of thiazole rings is 1. The van der Waals surface area contributed by atoms with Crippen molar-refractivity contribution in [2.75, 3.05) is 6.61 Å². The van der Waals surface area contributed by atoms with Crippen LogP contribution in [-0.2, 0) is 11.2 Å². The zero-order valence-corrected chi connectivity index (χ0v) is 11.5. The third kappa shape index (κ3) is 5.31. The second-order valence-corrected chi connectivity index (χ2v) is 4.95. The van der Waals surface area contributed by atoms with Gasteiger partial charge in [-0.2, -0.15) is 0 Å². The average molecular weight is 255 g/mol. The summed E-state index contributed by atoms with van der Waals surface area (Å²) in [5.74, 6) is -0.305. The molecule has 0 saturated carbocycles. The molecule has 0 aliphatic heterocycles. The molecule has 1 aromatic heterocycles. The summed E-state index contributed by atoms with van der Waals surface area (Å²) in [5.41, 5.74) is 0.459. The minimum absolute atomic E-state index is 0.305. The van der Waals surface area contributed by atoms with Crippen LogP contribution in [0, 0.1) is 0 Å². The van der Waals surface area contributed by atoms with Crippen LogP contribution in [-0.4, -0.2) is 17.6 Å². The normalized spacial score (nSPS) is 10.5. The van der Waals surface area contributed by atoms with E-state index in [1.165, 1.54) is 25.7 Å². The molecule has 0 fully saturated rings. The van der Waals surface area contributed by atoms with Gasteiger partial charge in [0.25, 0.3) is 0 Å². The van der Waals surface area contributed by atoms with E-state index >= 15 is 0 Å². The van der Waals surface area contributed by atoms with E-state index in [4.69, 9.17) is 4.74 Å². The molecular weight excluding hydrogens is 234 g/mol. The van der Waals surface area contributed by atoms with Crippen molar-refractivity contribution >= 4 is 17.3 Å². The minimum atomic E-state index is -0.305. The van der Waals surface area contributed by atoms with Gasteiger partial charge in [-0.1, -0.05) is 32.6 Å². The van der Waals surface area contributed by atoms with E-state index in [1.54, 1.807) is 23.6 Å². The third-order valence-electron chi connectivity index (χ3n) is 2.53. The third-order valence-corrected chi connectivity index (χ3v) is 3.44. The van der Waals surface area contributed by atoms with Crippen molar-refractivity contribution < 1.29 is 9.53 Å². The number of nitrogens with zero attached hydrogens (tertiary/aromatic N) is 1. The van der Waals surface area contributed by atoms with Gasteiger partial charge in [-0.3, -0.25) is 0 Å². The molecule has 0 atom stereocenters. The van der Waals surface area contributed by atoms with Crippen molar-refractivity contribution in [3.63, 3.8) is 0 Å². The summed E-state index contributed by atoms with van der Waals surface area (Å²) in [6.07, 6.45) is 7.27. The fourth-order valence-corrected chi connectivity index (χ4v) is 2.41. The van der Waals surface area contributed by atoms with Gasteiger partial charge in [0.2, 0.25) is 0 Å². The zero-order chi connectivity index (χ0) is 12.5. The Kier molecular flexibility index (Phi) is 6.86. The van der Waals surface area contributed by atoms with Gasteiger partial charge in [0.05, 0.1) is 11.6 Å². The number of unbranched alkanes of at least 4 members (excludes halogenated alkanes) is 4. The van der Waals surface area contributed by atoms with Gasteiger partial charge >= 0.3 is 5.97 Å². The van der Waals surface area contributed by atoms with Crippen LogP contribution in [0.15, 0.2) is 5.38 Å². The highest BCUT2D eigenvalue weighted by Crippen LogP contribution is 2.14.